The zero-order valence-electron chi connectivity index (χ0n) is 23.6. The first-order valence-corrected chi connectivity index (χ1v) is 16.4. The molecule has 12 heteroatoms. The number of hydrogen-bond donors (Lipinski definition) is 1. The number of nitrogens with zero attached hydrogens (tertiary/aromatic N) is 4. The van der Waals surface area contributed by atoms with Crippen molar-refractivity contribution in [2.45, 2.75) is 48.6 Å². The first-order chi connectivity index (χ1) is 19.9. The molecule has 1 amide bonds. The van der Waals surface area contributed by atoms with Crippen LogP contribution in [0.1, 0.15) is 31.9 Å². The van der Waals surface area contributed by atoms with Gasteiger partial charge in [0.25, 0.3) is 0 Å². The van der Waals surface area contributed by atoms with Gasteiger partial charge in [-0.1, -0.05) is 51.1 Å². The molecule has 0 radical (unpaired) electrons. The van der Waals surface area contributed by atoms with E-state index in [4.69, 9.17) is 0 Å². The summed E-state index contributed by atoms with van der Waals surface area (Å²) in [6.45, 7) is 5.57. The predicted molar refractivity (Wildman–Crippen MR) is 159 cm³/mol. The number of carbonyl (C=O) groups excluding carboxylic acids is 1. The Balaban J connectivity index is 1.48. The number of carbonyl (C=O) groups is 1. The van der Waals surface area contributed by atoms with Crippen molar-refractivity contribution >= 4 is 36.9 Å². The van der Waals surface area contributed by atoms with Gasteiger partial charge in [-0.25, -0.2) is 16.8 Å². The van der Waals surface area contributed by atoms with Gasteiger partial charge in [0.2, 0.25) is 26.0 Å². The standard InChI is InChI=1S/C30H33N5O5S2/c1-30(2,3)24-9-11-25(12-10-24)41(37,38)34-18-19-35(26(21-34)29(36)33-20-22-13-16-31-17-14-22)42(39,40)27-8-4-6-23-7-5-15-32-28(23)27/h4-17,26H,18-21H2,1-3H3,(H,33,36). The van der Waals surface area contributed by atoms with E-state index < -0.39 is 32.0 Å². The number of benzene rings is 2. The lowest BCUT2D eigenvalue weighted by Crippen LogP contribution is -2.61. The monoisotopic (exact) mass is 607 g/mol. The summed E-state index contributed by atoms with van der Waals surface area (Å²) in [4.78, 5) is 21.9. The molecule has 0 spiro atoms. The summed E-state index contributed by atoms with van der Waals surface area (Å²) in [5.41, 5.74) is 1.88. The van der Waals surface area contributed by atoms with Crippen LogP contribution in [-0.4, -0.2) is 67.0 Å². The van der Waals surface area contributed by atoms with Gasteiger partial charge in [0.15, 0.2) is 0 Å². The quantitative estimate of drug-likeness (QED) is 0.341. The Morgan fingerprint density at radius 2 is 1.57 bits per heavy atom. The molecule has 1 saturated heterocycles. The van der Waals surface area contributed by atoms with Crippen molar-refractivity contribution in [1.29, 1.82) is 0 Å². The highest BCUT2D eigenvalue weighted by Crippen LogP contribution is 2.30. The fourth-order valence-corrected chi connectivity index (χ4v) is 8.13. The second-order valence-electron chi connectivity index (χ2n) is 11.2. The van der Waals surface area contributed by atoms with Gasteiger partial charge in [-0.15, -0.1) is 0 Å². The molecule has 1 unspecified atom stereocenters. The molecule has 42 heavy (non-hydrogen) atoms. The number of amides is 1. The molecular weight excluding hydrogens is 574 g/mol. The van der Waals surface area contributed by atoms with Crippen molar-refractivity contribution in [3.05, 3.63) is 96.4 Å². The van der Waals surface area contributed by atoms with Gasteiger partial charge in [0.1, 0.15) is 10.9 Å². The molecule has 0 aliphatic carbocycles. The molecule has 1 atom stereocenters. The van der Waals surface area contributed by atoms with Gasteiger partial charge in [-0.3, -0.25) is 14.8 Å². The molecule has 1 aliphatic rings. The SMILES string of the molecule is CC(C)(C)c1ccc(S(=O)(=O)N2CCN(S(=O)(=O)c3cccc4cccnc34)C(C(=O)NCc3ccncc3)C2)cc1. The Morgan fingerprint density at radius 1 is 0.881 bits per heavy atom. The minimum atomic E-state index is -4.24. The number of rotatable bonds is 7. The van der Waals surface area contributed by atoms with Crippen molar-refractivity contribution < 1.29 is 21.6 Å². The van der Waals surface area contributed by atoms with Crippen LogP contribution in [0.5, 0.6) is 0 Å². The van der Waals surface area contributed by atoms with Crippen LogP contribution < -0.4 is 5.32 Å². The van der Waals surface area contributed by atoms with Crippen molar-refractivity contribution in [2.75, 3.05) is 19.6 Å². The maximum Gasteiger partial charge on any atom is 0.246 e. The van der Waals surface area contributed by atoms with Crippen LogP contribution in [0.25, 0.3) is 10.9 Å². The summed E-state index contributed by atoms with van der Waals surface area (Å²) in [5.74, 6) is -0.605. The Hall–Kier alpha value is -3.71. The van der Waals surface area contributed by atoms with Gasteiger partial charge in [0, 0.05) is 50.2 Å². The van der Waals surface area contributed by atoms with Gasteiger partial charge < -0.3 is 5.32 Å². The third kappa shape index (κ3) is 5.93. The summed E-state index contributed by atoms with van der Waals surface area (Å²) in [5, 5.41) is 3.42. The topological polar surface area (TPSA) is 130 Å². The molecule has 220 valence electrons. The first kappa shape index (κ1) is 29.8. The highest BCUT2D eigenvalue weighted by atomic mass is 32.2. The zero-order chi connectivity index (χ0) is 30.1. The van der Waals surface area contributed by atoms with E-state index >= 15 is 0 Å². The third-order valence-electron chi connectivity index (χ3n) is 7.35. The number of para-hydroxylation sites is 1. The van der Waals surface area contributed by atoms with Crippen LogP contribution in [0.15, 0.2) is 95.1 Å². The number of hydrogen-bond acceptors (Lipinski definition) is 7. The van der Waals surface area contributed by atoms with Crippen molar-refractivity contribution in [1.82, 2.24) is 23.9 Å². The van der Waals surface area contributed by atoms with Crippen molar-refractivity contribution in [3.63, 3.8) is 0 Å². The van der Waals surface area contributed by atoms with Gasteiger partial charge in [-0.05, 0) is 52.9 Å². The summed E-state index contributed by atoms with van der Waals surface area (Å²) in [6.07, 6.45) is 4.69. The summed E-state index contributed by atoms with van der Waals surface area (Å²) >= 11 is 0. The molecule has 10 nitrogen and oxygen atoms in total. The second kappa shape index (κ2) is 11.5. The fourth-order valence-electron chi connectivity index (χ4n) is 4.96. The number of pyridine rings is 2. The molecule has 1 N–H and O–H groups in total. The number of sulfonamides is 2. The van der Waals surface area contributed by atoms with Crippen LogP contribution in [0.4, 0.5) is 0 Å². The van der Waals surface area contributed by atoms with E-state index in [9.17, 15) is 21.6 Å². The first-order valence-electron chi connectivity index (χ1n) is 13.5. The van der Waals surface area contributed by atoms with Crippen LogP contribution in [0, 0.1) is 0 Å². The molecule has 4 aromatic rings. The molecule has 1 aliphatic heterocycles. The van der Waals surface area contributed by atoms with Crippen molar-refractivity contribution in [2.24, 2.45) is 0 Å². The van der Waals surface area contributed by atoms with Crippen LogP contribution >= 0.6 is 0 Å². The van der Waals surface area contributed by atoms with Gasteiger partial charge in [0.05, 0.1) is 10.4 Å². The van der Waals surface area contributed by atoms with E-state index in [-0.39, 0.29) is 46.9 Å². The van der Waals surface area contributed by atoms with E-state index in [0.717, 1.165) is 15.4 Å². The predicted octanol–water partition coefficient (Wildman–Crippen LogP) is 3.31. The normalized spacial score (nSPS) is 17.3. The van der Waals surface area contributed by atoms with Gasteiger partial charge in [-0.2, -0.15) is 8.61 Å². The number of fused-ring (bicyclic) bond motifs is 1. The van der Waals surface area contributed by atoms with E-state index in [0.29, 0.717) is 5.39 Å². The summed E-state index contributed by atoms with van der Waals surface area (Å²) in [6, 6.07) is 17.1. The van der Waals surface area contributed by atoms with Crippen LogP contribution in [-0.2, 0) is 36.8 Å². The fraction of sp³-hybridized carbons (Fsp3) is 0.300. The highest BCUT2D eigenvalue weighted by molar-refractivity contribution is 7.89. The minimum Gasteiger partial charge on any atom is -0.351 e. The van der Waals surface area contributed by atoms with E-state index in [1.807, 2.05) is 20.8 Å². The smallest absolute Gasteiger partial charge is 0.246 e. The summed E-state index contributed by atoms with van der Waals surface area (Å²) < 4.78 is 57.8. The lowest BCUT2D eigenvalue weighted by Gasteiger charge is -2.39. The molecule has 0 bridgehead atoms. The zero-order valence-corrected chi connectivity index (χ0v) is 25.3. The molecular formula is C30H33N5O5S2. The molecule has 3 heterocycles. The number of aromatic nitrogens is 2. The lowest BCUT2D eigenvalue weighted by atomic mass is 9.87. The molecule has 2 aromatic carbocycles. The van der Waals surface area contributed by atoms with Crippen molar-refractivity contribution in [3.8, 4) is 0 Å². The summed E-state index contributed by atoms with van der Waals surface area (Å²) in [7, 11) is -8.26. The Kier molecular flexibility index (Phi) is 8.17. The molecule has 0 saturated carbocycles. The van der Waals surface area contributed by atoms with Crippen LogP contribution in [0.3, 0.4) is 0 Å². The lowest BCUT2D eigenvalue weighted by molar-refractivity contribution is -0.126. The number of nitrogens with one attached hydrogen (secondary N) is 1. The second-order valence-corrected chi connectivity index (χ2v) is 15.0. The maximum atomic E-state index is 14.1. The average Bonchev–Trinajstić information content (AvgIpc) is 2.99. The third-order valence-corrected chi connectivity index (χ3v) is 11.2. The van der Waals surface area contributed by atoms with Crippen LogP contribution in [0.2, 0.25) is 0 Å². The number of piperazine rings is 1. The molecule has 1 fully saturated rings. The highest BCUT2D eigenvalue weighted by Gasteiger charge is 2.44. The Labute approximate surface area is 246 Å². The van der Waals surface area contributed by atoms with E-state index in [2.05, 4.69) is 15.3 Å². The maximum absolute atomic E-state index is 14.1. The average molecular weight is 608 g/mol. The Bertz CT molecular complexity index is 1800. The van der Waals surface area contributed by atoms with Gasteiger partial charge >= 0.3 is 0 Å². The Morgan fingerprint density at radius 3 is 2.26 bits per heavy atom. The minimum absolute atomic E-state index is 0.0402. The largest absolute Gasteiger partial charge is 0.351 e. The van der Waals surface area contributed by atoms with E-state index in [1.165, 1.54) is 16.6 Å². The molecule has 2 aromatic heterocycles. The van der Waals surface area contributed by atoms with E-state index in [1.54, 1.807) is 73.1 Å². The molecule has 5 rings (SSSR count).